The zero-order valence-electron chi connectivity index (χ0n) is 27.6. The molecule has 0 fully saturated rings. The number of quaternary nitrogens is 1. The van der Waals surface area contributed by atoms with E-state index in [0.29, 0.717) is 40.7 Å². The minimum Gasteiger partial charge on any atom is -1.00 e. The van der Waals surface area contributed by atoms with Crippen molar-refractivity contribution in [3.05, 3.63) is 129 Å². The standard InChI is InChI=1S/C36H32F3N7O3.BrH/c1-22-31(33(47)49-4)32(45-34(42-43-35(45)48)44(22)27-10-7-9-26(19-27)36(37,38)39)29-13-12-23(20-40)18-25(29)15-17-46(2,3)21-30-28-11-6-5-8-24(28)14-16-41-30;/h5-14,16,18-19,32H,15,17,21H2,1-4H3;1H. The van der Waals surface area contributed by atoms with E-state index in [2.05, 4.69) is 35.3 Å². The van der Waals surface area contributed by atoms with Gasteiger partial charge in [-0.2, -0.15) is 18.4 Å². The van der Waals surface area contributed by atoms with Gasteiger partial charge in [0.25, 0.3) is 0 Å². The van der Waals surface area contributed by atoms with Crippen molar-refractivity contribution in [2.45, 2.75) is 32.1 Å². The van der Waals surface area contributed by atoms with E-state index in [9.17, 15) is 28.0 Å². The first-order valence-corrected chi connectivity index (χ1v) is 15.4. The van der Waals surface area contributed by atoms with Crippen molar-refractivity contribution >= 4 is 28.4 Å². The van der Waals surface area contributed by atoms with E-state index >= 15 is 0 Å². The number of hydrogen-bond donors (Lipinski definition) is 1. The normalized spacial score (nSPS) is 14.6. The molecule has 258 valence electrons. The number of nitrogens with one attached hydrogen (secondary N) is 1. The lowest BCUT2D eigenvalue weighted by atomic mass is 9.89. The van der Waals surface area contributed by atoms with E-state index in [4.69, 9.17) is 4.74 Å². The first-order valence-electron chi connectivity index (χ1n) is 15.4. The van der Waals surface area contributed by atoms with E-state index < -0.39 is 29.4 Å². The molecule has 14 heteroatoms. The minimum atomic E-state index is -4.63. The van der Waals surface area contributed by atoms with Crippen LogP contribution in [0.5, 0.6) is 0 Å². The number of likely N-dealkylation sites (N-methyl/N-ethyl adjacent to an activating group) is 1. The summed E-state index contributed by atoms with van der Waals surface area (Å²) < 4.78 is 48.1. The number of esters is 1. The average Bonchev–Trinajstić information content (AvgIpc) is 3.46. The number of carbonyl (C=O) groups excluding carboxylic acids is 1. The molecule has 1 aliphatic rings. The molecule has 0 spiro atoms. The predicted molar refractivity (Wildman–Crippen MR) is 177 cm³/mol. The highest BCUT2D eigenvalue weighted by molar-refractivity contribution is 5.93. The molecule has 1 N–H and O–H groups in total. The molecule has 0 radical (unpaired) electrons. The van der Waals surface area contributed by atoms with Gasteiger partial charge in [-0.25, -0.2) is 19.3 Å². The molecule has 0 aliphatic carbocycles. The molecule has 5 aromatic rings. The van der Waals surface area contributed by atoms with E-state index in [1.54, 1.807) is 31.3 Å². The van der Waals surface area contributed by atoms with Crippen molar-refractivity contribution < 1.29 is 44.2 Å². The molecule has 0 amide bonds. The van der Waals surface area contributed by atoms with Crippen LogP contribution >= 0.6 is 0 Å². The van der Waals surface area contributed by atoms with Crippen LogP contribution in [0, 0.1) is 11.3 Å². The summed E-state index contributed by atoms with van der Waals surface area (Å²) >= 11 is 0. The van der Waals surface area contributed by atoms with Crippen LogP contribution in [0.4, 0.5) is 24.8 Å². The second-order valence-electron chi connectivity index (χ2n) is 12.5. The Balaban J connectivity index is 0.00000486. The van der Waals surface area contributed by atoms with Gasteiger partial charge in [-0.05, 0) is 59.8 Å². The van der Waals surface area contributed by atoms with Crippen LogP contribution in [0.1, 0.15) is 40.9 Å². The van der Waals surface area contributed by atoms with Crippen LogP contribution < -0.4 is 27.6 Å². The van der Waals surface area contributed by atoms with Gasteiger partial charge in [-0.3, -0.25) is 9.88 Å². The number of nitriles is 1. The Labute approximate surface area is 296 Å². The molecule has 50 heavy (non-hydrogen) atoms. The fourth-order valence-corrected chi connectivity index (χ4v) is 6.45. The lowest BCUT2D eigenvalue weighted by Crippen LogP contribution is -3.00. The quantitative estimate of drug-likeness (QED) is 0.192. The van der Waals surface area contributed by atoms with Crippen molar-refractivity contribution in [2.24, 2.45) is 0 Å². The number of aromatic nitrogens is 4. The Morgan fingerprint density at radius 1 is 1.08 bits per heavy atom. The molecule has 1 unspecified atom stereocenters. The van der Waals surface area contributed by atoms with Crippen LogP contribution in [0.3, 0.4) is 0 Å². The van der Waals surface area contributed by atoms with Crippen LogP contribution in [0.15, 0.2) is 95.1 Å². The van der Waals surface area contributed by atoms with Gasteiger partial charge in [0.1, 0.15) is 18.3 Å². The zero-order chi connectivity index (χ0) is 35.1. The summed E-state index contributed by atoms with van der Waals surface area (Å²) in [5.41, 5.74) is 1.33. The number of allylic oxidation sites excluding steroid dienone is 1. The first-order chi connectivity index (χ1) is 23.3. The number of H-pyrrole nitrogens is 1. The van der Waals surface area contributed by atoms with Gasteiger partial charge in [0.05, 0.1) is 50.5 Å². The fourth-order valence-electron chi connectivity index (χ4n) is 6.45. The van der Waals surface area contributed by atoms with Gasteiger partial charge in [0, 0.05) is 29.4 Å². The molecule has 6 rings (SSSR count). The molecule has 0 saturated carbocycles. The summed E-state index contributed by atoms with van der Waals surface area (Å²) in [5.74, 6) is -0.778. The van der Waals surface area contributed by atoms with E-state index in [-0.39, 0.29) is 39.9 Å². The fraction of sp³-hybridized carbons (Fsp3) is 0.250. The van der Waals surface area contributed by atoms with E-state index in [1.807, 2.05) is 30.3 Å². The molecule has 1 atom stereocenters. The van der Waals surface area contributed by atoms with Gasteiger partial charge in [0.2, 0.25) is 5.95 Å². The lowest BCUT2D eigenvalue weighted by Gasteiger charge is -2.36. The summed E-state index contributed by atoms with van der Waals surface area (Å²) in [6.45, 7) is 2.78. The number of methoxy groups -OCH3 is 1. The van der Waals surface area contributed by atoms with Crippen molar-refractivity contribution in [3.8, 4) is 6.07 Å². The number of hydrogen-bond acceptors (Lipinski definition) is 7. The zero-order valence-corrected chi connectivity index (χ0v) is 29.2. The maximum absolute atomic E-state index is 13.7. The molecule has 3 aromatic carbocycles. The van der Waals surface area contributed by atoms with Gasteiger partial charge in [-0.1, -0.05) is 36.4 Å². The topological polar surface area (TPSA) is 117 Å². The number of ether oxygens (including phenoxy) is 1. The Kier molecular flexibility index (Phi) is 10.0. The Hall–Kier alpha value is -5.26. The van der Waals surface area contributed by atoms with Gasteiger partial charge in [0.15, 0.2) is 0 Å². The number of nitrogens with zero attached hydrogens (tertiary/aromatic N) is 6. The Morgan fingerprint density at radius 3 is 2.56 bits per heavy atom. The third kappa shape index (κ3) is 6.79. The van der Waals surface area contributed by atoms with Gasteiger partial charge >= 0.3 is 17.8 Å². The van der Waals surface area contributed by atoms with Crippen molar-refractivity contribution in [1.82, 2.24) is 19.7 Å². The average molecular weight is 749 g/mol. The van der Waals surface area contributed by atoms with E-state index in [1.165, 1.54) is 28.7 Å². The number of alkyl halides is 3. The van der Waals surface area contributed by atoms with Gasteiger partial charge in [-0.15, -0.1) is 5.10 Å². The molecule has 0 saturated heterocycles. The number of fused-ring (bicyclic) bond motifs is 2. The summed E-state index contributed by atoms with van der Waals surface area (Å²) in [5, 5.41) is 18.6. The van der Waals surface area contributed by atoms with Crippen molar-refractivity contribution in [1.29, 1.82) is 5.26 Å². The number of benzene rings is 3. The lowest BCUT2D eigenvalue weighted by molar-refractivity contribution is -0.903. The van der Waals surface area contributed by atoms with Crippen LogP contribution in [-0.2, 0) is 28.7 Å². The summed E-state index contributed by atoms with van der Waals surface area (Å²) in [7, 11) is 5.35. The molecule has 1 aliphatic heterocycles. The summed E-state index contributed by atoms with van der Waals surface area (Å²) in [4.78, 5) is 33.0. The number of anilines is 2. The van der Waals surface area contributed by atoms with E-state index in [0.717, 1.165) is 28.6 Å². The number of pyridine rings is 1. The van der Waals surface area contributed by atoms with Crippen LogP contribution in [-0.4, -0.2) is 58.0 Å². The smallest absolute Gasteiger partial charge is 0.416 e. The number of carbonyl (C=O) groups is 1. The highest BCUT2D eigenvalue weighted by Gasteiger charge is 2.41. The third-order valence-electron chi connectivity index (χ3n) is 8.87. The molecule has 10 nitrogen and oxygen atoms in total. The summed E-state index contributed by atoms with van der Waals surface area (Å²) in [6.07, 6.45) is -2.39. The first kappa shape index (κ1) is 36.0. The highest BCUT2D eigenvalue weighted by atomic mass is 79.9. The maximum Gasteiger partial charge on any atom is 0.416 e. The maximum atomic E-state index is 13.7. The number of rotatable bonds is 8. The van der Waals surface area contributed by atoms with Crippen LogP contribution in [0.2, 0.25) is 0 Å². The van der Waals surface area contributed by atoms with Gasteiger partial charge < -0.3 is 26.2 Å². The Bertz CT molecular complexity index is 2210. The predicted octanol–water partition coefficient (Wildman–Crippen LogP) is 3.02. The minimum absolute atomic E-state index is 0. The third-order valence-corrected chi connectivity index (χ3v) is 8.87. The SMILES string of the molecule is COC(=O)C1=C(C)N(c2cccc(C(F)(F)F)c2)c2n[nH]c(=O)n2C1c1ccc(C#N)cc1CC[N+](C)(C)Cc1nccc2ccccc12.[Br-]. The summed E-state index contributed by atoms with van der Waals surface area (Å²) in [6, 6.07) is 20.7. The van der Waals surface area contributed by atoms with Crippen molar-refractivity contribution in [2.75, 3.05) is 32.6 Å². The second kappa shape index (κ2) is 13.9. The number of aromatic amines is 1. The van der Waals surface area contributed by atoms with Crippen molar-refractivity contribution in [3.63, 3.8) is 0 Å². The highest BCUT2D eigenvalue weighted by Crippen LogP contribution is 2.43. The molecule has 3 heterocycles. The monoisotopic (exact) mass is 747 g/mol. The molecular weight excluding hydrogens is 715 g/mol. The second-order valence-corrected chi connectivity index (χ2v) is 12.5. The molecule has 0 bridgehead atoms. The number of halogens is 4. The van der Waals surface area contributed by atoms with Crippen LogP contribution in [0.25, 0.3) is 10.8 Å². The molecular formula is C36H33BrF3N7O3. The molecule has 2 aromatic heterocycles. The Morgan fingerprint density at radius 2 is 1.84 bits per heavy atom. The largest absolute Gasteiger partial charge is 1.00 e.